The summed E-state index contributed by atoms with van der Waals surface area (Å²) in [6.45, 7) is 0.919. The van der Waals surface area contributed by atoms with Crippen molar-refractivity contribution in [2.24, 2.45) is 0 Å². The molecule has 5 aromatic rings. The molecule has 3 aromatic carbocycles. The Morgan fingerprint density at radius 1 is 1.08 bits per heavy atom. The molecule has 0 aliphatic carbocycles. The van der Waals surface area contributed by atoms with Crippen LogP contribution in [0, 0.1) is 5.82 Å². The highest BCUT2D eigenvalue weighted by Gasteiger charge is 2.14. The molecule has 0 saturated carbocycles. The number of aromatic nitrogens is 3. The van der Waals surface area contributed by atoms with Gasteiger partial charge in [-0.3, -0.25) is 9.78 Å². The molecule has 0 atom stereocenters. The molecule has 1 amide bonds. The van der Waals surface area contributed by atoms with Gasteiger partial charge >= 0.3 is 0 Å². The number of pyridine rings is 1. The molecule has 38 heavy (non-hydrogen) atoms. The van der Waals surface area contributed by atoms with Crippen molar-refractivity contribution in [1.29, 1.82) is 0 Å². The van der Waals surface area contributed by atoms with Crippen LogP contribution in [0.2, 0.25) is 5.02 Å². The van der Waals surface area contributed by atoms with E-state index in [4.69, 9.17) is 21.3 Å². The minimum atomic E-state index is -0.362. The normalized spacial score (nSPS) is 11.0. The zero-order valence-corrected chi connectivity index (χ0v) is 22.1. The molecule has 0 aliphatic rings. The van der Waals surface area contributed by atoms with Crippen molar-refractivity contribution < 1.29 is 13.9 Å². The second-order valence-electron chi connectivity index (χ2n) is 8.56. The molecule has 0 fully saturated rings. The number of amides is 1. The number of benzene rings is 3. The summed E-state index contributed by atoms with van der Waals surface area (Å²) in [4.78, 5) is 21.8. The predicted molar refractivity (Wildman–Crippen MR) is 148 cm³/mol. The molecule has 0 spiro atoms. The largest absolute Gasteiger partial charge is 0.496 e. The van der Waals surface area contributed by atoms with E-state index >= 15 is 0 Å². The summed E-state index contributed by atoms with van der Waals surface area (Å²) in [6, 6.07) is 21.4. The Balaban J connectivity index is 1.30. The maximum atomic E-state index is 13.4. The Morgan fingerprint density at radius 2 is 1.89 bits per heavy atom. The summed E-state index contributed by atoms with van der Waals surface area (Å²) in [6.07, 6.45) is 3.50. The molecule has 0 unspecified atom stereocenters. The van der Waals surface area contributed by atoms with E-state index in [1.54, 1.807) is 25.6 Å². The van der Waals surface area contributed by atoms with Gasteiger partial charge in [-0.25, -0.2) is 9.37 Å². The van der Waals surface area contributed by atoms with E-state index < -0.39 is 0 Å². The molecule has 0 aliphatic heterocycles. The number of hydrogen-bond acceptors (Lipinski definition) is 5. The fourth-order valence-electron chi connectivity index (χ4n) is 4.06. The van der Waals surface area contributed by atoms with E-state index in [2.05, 4.69) is 14.9 Å². The standard InChI is InChI=1S/C29H24ClFN4O2S/c1-37-27-5-3-2-4-21(27)15-33-28(36)20-8-6-19(7-9-20)17-35-26-16-32-13-12-25(26)34-29(35)38-18-22-10-11-23(31)14-24(22)30/h2-14,16H,15,17-18H2,1H3,(H,33,36). The number of thioether (sulfide) groups is 1. The number of ether oxygens (including phenoxy) is 1. The van der Waals surface area contributed by atoms with Gasteiger partial charge in [-0.05, 0) is 47.5 Å². The van der Waals surface area contributed by atoms with Crippen LogP contribution in [0.5, 0.6) is 5.75 Å². The molecular weight excluding hydrogens is 523 g/mol. The zero-order valence-electron chi connectivity index (χ0n) is 20.5. The number of carbonyl (C=O) groups is 1. The summed E-state index contributed by atoms with van der Waals surface area (Å²) in [5, 5.41) is 4.14. The first-order valence-corrected chi connectivity index (χ1v) is 13.2. The lowest BCUT2D eigenvalue weighted by Crippen LogP contribution is -2.23. The van der Waals surface area contributed by atoms with Crippen molar-refractivity contribution in [2.45, 2.75) is 24.0 Å². The minimum absolute atomic E-state index is 0.160. The first kappa shape index (κ1) is 25.8. The number of carbonyl (C=O) groups excluding carboxylic acids is 1. The van der Waals surface area contributed by atoms with Gasteiger partial charge in [0.1, 0.15) is 11.6 Å². The highest BCUT2D eigenvalue weighted by molar-refractivity contribution is 7.98. The van der Waals surface area contributed by atoms with Gasteiger partial charge < -0.3 is 14.6 Å². The number of rotatable bonds is 9. The predicted octanol–water partition coefficient (Wildman–Crippen LogP) is 6.50. The highest BCUT2D eigenvalue weighted by atomic mass is 35.5. The number of fused-ring (bicyclic) bond motifs is 1. The molecule has 2 heterocycles. The van der Waals surface area contributed by atoms with Crippen LogP contribution in [-0.4, -0.2) is 27.6 Å². The van der Waals surface area contributed by atoms with E-state index in [0.717, 1.165) is 38.6 Å². The molecule has 192 valence electrons. The Labute approximate surface area is 228 Å². The second kappa shape index (κ2) is 11.7. The average molecular weight is 547 g/mol. The van der Waals surface area contributed by atoms with Crippen LogP contribution >= 0.6 is 23.4 Å². The SMILES string of the molecule is COc1ccccc1CNC(=O)c1ccc(Cn2c(SCc3ccc(F)cc3Cl)nc3ccncc32)cc1. The van der Waals surface area contributed by atoms with E-state index in [1.165, 1.54) is 23.9 Å². The number of nitrogens with zero attached hydrogens (tertiary/aromatic N) is 3. The summed E-state index contributed by atoms with van der Waals surface area (Å²) in [5.41, 5.74) is 5.06. The van der Waals surface area contributed by atoms with Gasteiger partial charge in [-0.15, -0.1) is 0 Å². The van der Waals surface area contributed by atoms with Gasteiger partial charge in [0.15, 0.2) is 5.16 Å². The first-order valence-electron chi connectivity index (χ1n) is 11.9. The van der Waals surface area contributed by atoms with Crippen molar-refractivity contribution in [2.75, 3.05) is 7.11 Å². The van der Waals surface area contributed by atoms with Gasteiger partial charge in [0.05, 0.1) is 30.9 Å². The van der Waals surface area contributed by atoms with Gasteiger partial charge in [0.25, 0.3) is 5.91 Å². The van der Waals surface area contributed by atoms with Gasteiger partial charge in [0, 0.05) is 34.6 Å². The highest BCUT2D eigenvalue weighted by Crippen LogP contribution is 2.30. The summed E-state index contributed by atoms with van der Waals surface area (Å²) in [7, 11) is 1.61. The average Bonchev–Trinajstić information content (AvgIpc) is 3.28. The molecule has 2 aromatic heterocycles. The van der Waals surface area contributed by atoms with Gasteiger partial charge in [-0.2, -0.15) is 0 Å². The topological polar surface area (TPSA) is 69.0 Å². The molecule has 9 heteroatoms. The Bertz CT molecular complexity index is 1590. The minimum Gasteiger partial charge on any atom is -0.496 e. The van der Waals surface area contributed by atoms with Crippen LogP contribution in [0.3, 0.4) is 0 Å². The number of nitrogens with one attached hydrogen (secondary N) is 1. The molecule has 5 rings (SSSR count). The van der Waals surface area contributed by atoms with Crippen LogP contribution in [0.4, 0.5) is 4.39 Å². The molecule has 0 radical (unpaired) electrons. The monoisotopic (exact) mass is 546 g/mol. The summed E-state index contributed by atoms with van der Waals surface area (Å²) >= 11 is 7.75. The van der Waals surface area contributed by atoms with Gasteiger partial charge in [-0.1, -0.05) is 59.8 Å². The molecule has 0 saturated heterocycles. The van der Waals surface area contributed by atoms with Crippen LogP contribution < -0.4 is 10.1 Å². The lowest BCUT2D eigenvalue weighted by Gasteiger charge is -2.11. The number of halogens is 2. The zero-order chi connectivity index (χ0) is 26.5. The molecular formula is C29H24ClFN4O2S. The quantitative estimate of drug-likeness (QED) is 0.214. The maximum Gasteiger partial charge on any atom is 0.251 e. The fraction of sp³-hybridized carbons (Fsp3) is 0.138. The van der Waals surface area contributed by atoms with Crippen molar-refractivity contribution in [3.63, 3.8) is 0 Å². The van der Waals surface area contributed by atoms with E-state index in [1.807, 2.05) is 54.6 Å². The molecule has 1 N–H and O–H groups in total. The number of imidazole rings is 1. The lowest BCUT2D eigenvalue weighted by molar-refractivity contribution is 0.0950. The van der Waals surface area contributed by atoms with Crippen LogP contribution in [0.15, 0.2) is 90.3 Å². The van der Waals surface area contributed by atoms with Crippen LogP contribution in [-0.2, 0) is 18.8 Å². The van der Waals surface area contributed by atoms with Crippen molar-refractivity contribution in [1.82, 2.24) is 19.9 Å². The van der Waals surface area contributed by atoms with Crippen molar-refractivity contribution in [3.8, 4) is 5.75 Å². The molecule has 6 nitrogen and oxygen atoms in total. The third-order valence-corrected chi connectivity index (χ3v) is 7.45. The fourth-order valence-corrected chi connectivity index (χ4v) is 5.39. The number of para-hydroxylation sites is 1. The Hall–Kier alpha value is -3.88. The molecule has 0 bridgehead atoms. The van der Waals surface area contributed by atoms with E-state index in [9.17, 15) is 9.18 Å². The van der Waals surface area contributed by atoms with Crippen molar-refractivity contribution >= 4 is 40.3 Å². The maximum absolute atomic E-state index is 13.4. The Morgan fingerprint density at radius 3 is 2.68 bits per heavy atom. The van der Waals surface area contributed by atoms with Crippen LogP contribution in [0.25, 0.3) is 11.0 Å². The summed E-state index contributed by atoms with van der Waals surface area (Å²) in [5.74, 6) is 0.757. The second-order valence-corrected chi connectivity index (χ2v) is 9.91. The third-order valence-electron chi connectivity index (χ3n) is 6.08. The van der Waals surface area contributed by atoms with Gasteiger partial charge in [0.2, 0.25) is 0 Å². The van der Waals surface area contributed by atoms with E-state index in [0.29, 0.717) is 29.4 Å². The van der Waals surface area contributed by atoms with Crippen molar-refractivity contribution in [3.05, 3.63) is 118 Å². The third kappa shape index (κ3) is 5.82. The lowest BCUT2D eigenvalue weighted by atomic mass is 10.1. The van der Waals surface area contributed by atoms with E-state index in [-0.39, 0.29) is 11.7 Å². The smallest absolute Gasteiger partial charge is 0.251 e. The number of hydrogen-bond donors (Lipinski definition) is 1. The Kier molecular flexibility index (Phi) is 7.91. The summed E-state index contributed by atoms with van der Waals surface area (Å²) < 4.78 is 20.9. The number of methoxy groups -OCH3 is 1. The first-order chi connectivity index (χ1) is 18.5. The van der Waals surface area contributed by atoms with Crippen LogP contribution in [0.1, 0.15) is 27.0 Å².